The largest absolute Gasteiger partial charge is 0.295 e. The lowest BCUT2D eigenvalue weighted by atomic mass is 9.95. The standard InChI is InChI=1S/C17H20O/c18-17-14-8-7-13-16(17)12-6-2-5-11-15-9-3-1-4-10-15/h1-4,6,9-10,13H,5,7-8,11-12,14H2/b6-2+. The Morgan fingerprint density at radius 1 is 1.11 bits per heavy atom. The van der Waals surface area contributed by atoms with Crippen LogP contribution in [0.2, 0.25) is 0 Å². The Labute approximate surface area is 109 Å². The molecule has 0 saturated carbocycles. The van der Waals surface area contributed by atoms with Crippen molar-refractivity contribution in [2.45, 2.75) is 38.5 Å². The van der Waals surface area contributed by atoms with E-state index in [4.69, 9.17) is 0 Å². The van der Waals surface area contributed by atoms with Gasteiger partial charge in [-0.15, -0.1) is 0 Å². The number of benzene rings is 1. The van der Waals surface area contributed by atoms with Crippen LogP contribution in [-0.4, -0.2) is 5.78 Å². The van der Waals surface area contributed by atoms with Crippen molar-refractivity contribution in [2.75, 3.05) is 0 Å². The number of rotatable bonds is 5. The van der Waals surface area contributed by atoms with Gasteiger partial charge in [0.15, 0.2) is 5.78 Å². The molecule has 0 heterocycles. The van der Waals surface area contributed by atoms with E-state index in [0.29, 0.717) is 5.78 Å². The number of carbonyl (C=O) groups excluding carboxylic acids is 1. The van der Waals surface area contributed by atoms with Crippen LogP contribution in [0, 0.1) is 0 Å². The maximum atomic E-state index is 11.6. The summed E-state index contributed by atoms with van der Waals surface area (Å²) in [4.78, 5) is 11.6. The minimum absolute atomic E-state index is 0.342. The van der Waals surface area contributed by atoms with Crippen LogP contribution in [0.4, 0.5) is 0 Å². The molecule has 1 nitrogen and oxygen atoms in total. The number of hydrogen-bond donors (Lipinski definition) is 0. The maximum absolute atomic E-state index is 11.6. The van der Waals surface area contributed by atoms with Gasteiger partial charge in [0.1, 0.15) is 0 Å². The van der Waals surface area contributed by atoms with Crippen molar-refractivity contribution in [3.8, 4) is 0 Å². The molecule has 1 heteroatoms. The highest BCUT2D eigenvalue weighted by molar-refractivity contribution is 5.96. The Hall–Kier alpha value is -1.63. The van der Waals surface area contributed by atoms with E-state index in [1.54, 1.807) is 0 Å². The van der Waals surface area contributed by atoms with Crippen LogP contribution in [0.25, 0.3) is 0 Å². The molecule has 1 aromatic rings. The average molecular weight is 240 g/mol. The summed E-state index contributed by atoms with van der Waals surface area (Å²) in [5.41, 5.74) is 2.38. The molecular weight excluding hydrogens is 220 g/mol. The van der Waals surface area contributed by atoms with Crippen molar-refractivity contribution in [2.24, 2.45) is 0 Å². The lowest BCUT2D eigenvalue weighted by molar-refractivity contribution is -0.116. The van der Waals surface area contributed by atoms with Gasteiger partial charge in [-0.2, -0.15) is 0 Å². The van der Waals surface area contributed by atoms with Gasteiger partial charge >= 0.3 is 0 Å². The SMILES string of the molecule is O=C1CCCC=C1C/C=C/CCc1ccccc1. The molecule has 0 aliphatic heterocycles. The van der Waals surface area contributed by atoms with Gasteiger partial charge in [0.2, 0.25) is 0 Å². The third-order valence-corrected chi connectivity index (χ3v) is 3.30. The van der Waals surface area contributed by atoms with Crippen LogP contribution < -0.4 is 0 Å². The van der Waals surface area contributed by atoms with Crippen LogP contribution in [0.5, 0.6) is 0 Å². The molecule has 2 rings (SSSR count). The summed E-state index contributed by atoms with van der Waals surface area (Å²) in [7, 11) is 0. The number of hydrogen-bond acceptors (Lipinski definition) is 1. The van der Waals surface area contributed by atoms with Crippen molar-refractivity contribution in [1.29, 1.82) is 0 Å². The van der Waals surface area contributed by atoms with E-state index >= 15 is 0 Å². The monoisotopic (exact) mass is 240 g/mol. The Morgan fingerprint density at radius 3 is 2.72 bits per heavy atom. The molecule has 94 valence electrons. The highest BCUT2D eigenvalue weighted by Crippen LogP contribution is 2.17. The van der Waals surface area contributed by atoms with Crippen molar-refractivity contribution >= 4 is 5.78 Å². The normalized spacial score (nSPS) is 16.0. The molecule has 1 aromatic carbocycles. The number of Topliss-reactive ketones (excluding diaryl/α,β-unsaturated/α-hetero) is 1. The fraction of sp³-hybridized carbons (Fsp3) is 0.353. The van der Waals surface area contributed by atoms with Crippen molar-refractivity contribution < 1.29 is 4.79 Å². The van der Waals surface area contributed by atoms with Gasteiger partial charge in [-0.1, -0.05) is 48.6 Å². The van der Waals surface area contributed by atoms with Crippen LogP contribution in [0.3, 0.4) is 0 Å². The smallest absolute Gasteiger partial charge is 0.158 e. The molecule has 0 amide bonds. The fourth-order valence-corrected chi connectivity index (χ4v) is 2.23. The predicted octanol–water partition coefficient (Wildman–Crippen LogP) is 4.24. The number of allylic oxidation sites excluding steroid dienone is 4. The van der Waals surface area contributed by atoms with Gasteiger partial charge in [0.05, 0.1) is 0 Å². The molecular formula is C17H20O. The Balaban J connectivity index is 1.72. The Morgan fingerprint density at radius 2 is 1.94 bits per heavy atom. The zero-order valence-corrected chi connectivity index (χ0v) is 10.8. The topological polar surface area (TPSA) is 17.1 Å². The highest BCUT2D eigenvalue weighted by atomic mass is 16.1. The van der Waals surface area contributed by atoms with Crippen LogP contribution in [0.15, 0.2) is 54.1 Å². The van der Waals surface area contributed by atoms with Gasteiger partial charge in [-0.3, -0.25) is 4.79 Å². The Kier molecular flexibility index (Phi) is 4.95. The second-order valence-electron chi connectivity index (χ2n) is 4.74. The van der Waals surface area contributed by atoms with Gasteiger partial charge in [-0.25, -0.2) is 0 Å². The second-order valence-corrected chi connectivity index (χ2v) is 4.74. The number of ketones is 1. The first-order valence-corrected chi connectivity index (χ1v) is 6.77. The van der Waals surface area contributed by atoms with Gasteiger partial charge in [-0.05, 0) is 43.2 Å². The summed E-state index contributed by atoms with van der Waals surface area (Å²) in [6.07, 6.45) is 12.2. The van der Waals surface area contributed by atoms with Gasteiger partial charge in [0, 0.05) is 6.42 Å². The minimum atomic E-state index is 0.342. The zero-order chi connectivity index (χ0) is 12.6. The molecule has 0 saturated heterocycles. The highest BCUT2D eigenvalue weighted by Gasteiger charge is 2.11. The molecule has 0 spiro atoms. The minimum Gasteiger partial charge on any atom is -0.295 e. The van der Waals surface area contributed by atoms with Crippen LogP contribution in [0.1, 0.15) is 37.7 Å². The first-order chi connectivity index (χ1) is 8.86. The molecule has 0 aromatic heterocycles. The predicted molar refractivity (Wildman–Crippen MR) is 75.5 cm³/mol. The summed E-state index contributed by atoms with van der Waals surface area (Å²) >= 11 is 0. The third kappa shape index (κ3) is 3.99. The van der Waals surface area contributed by atoms with Crippen LogP contribution in [-0.2, 0) is 11.2 Å². The van der Waals surface area contributed by atoms with Gasteiger partial charge in [0.25, 0.3) is 0 Å². The fourth-order valence-electron chi connectivity index (χ4n) is 2.23. The third-order valence-electron chi connectivity index (χ3n) is 3.30. The summed E-state index contributed by atoms with van der Waals surface area (Å²) in [5, 5.41) is 0. The first-order valence-electron chi connectivity index (χ1n) is 6.77. The molecule has 18 heavy (non-hydrogen) atoms. The molecule has 0 radical (unpaired) electrons. The quantitative estimate of drug-likeness (QED) is 0.703. The Bertz CT molecular complexity index is 440. The van der Waals surface area contributed by atoms with Gasteiger partial charge < -0.3 is 0 Å². The summed E-state index contributed by atoms with van der Waals surface area (Å²) in [6, 6.07) is 10.5. The van der Waals surface area contributed by atoms with E-state index in [2.05, 4.69) is 42.5 Å². The molecule has 0 N–H and O–H groups in total. The van der Waals surface area contributed by atoms with Crippen LogP contribution >= 0.6 is 0 Å². The molecule has 1 aliphatic carbocycles. The van der Waals surface area contributed by atoms with E-state index in [9.17, 15) is 4.79 Å². The molecule has 1 aliphatic rings. The van der Waals surface area contributed by atoms with Crippen molar-refractivity contribution in [3.05, 3.63) is 59.7 Å². The summed E-state index contributed by atoms with van der Waals surface area (Å²) in [5.74, 6) is 0.342. The number of aryl methyl sites for hydroxylation is 1. The number of carbonyl (C=O) groups is 1. The zero-order valence-electron chi connectivity index (χ0n) is 10.8. The van der Waals surface area contributed by atoms with E-state index in [1.165, 1.54) is 5.56 Å². The lowest BCUT2D eigenvalue weighted by Crippen LogP contribution is -2.05. The second kappa shape index (κ2) is 6.95. The first kappa shape index (κ1) is 12.8. The molecule has 0 unspecified atom stereocenters. The molecule has 0 atom stereocenters. The summed E-state index contributed by atoms with van der Waals surface area (Å²) < 4.78 is 0. The average Bonchev–Trinajstić information content (AvgIpc) is 2.42. The molecule has 0 fully saturated rings. The maximum Gasteiger partial charge on any atom is 0.158 e. The van der Waals surface area contributed by atoms with Crippen molar-refractivity contribution in [3.63, 3.8) is 0 Å². The van der Waals surface area contributed by atoms with Crippen molar-refractivity contribution in [1.82, 2.24) is 0 Å². The summed E-state index contributed by atoms with van der Waals surface area (Å²) in [6.45, 7) is 0. The van der Waals surface area contributed by atoms with E-state index < -0.39 is 0 Å². The lowest BCUT2D eigenvalue weighted by Gasteiger charge is -2.08. The molecule has 0 bridgehead atoms. The van der Waals surface area contributed by atoms with E-state index in [1.807, 2.05) is 6.07 Å². The van der Waals surface area contributed by atoms with E-state index in [0.717, 1.165) is 44.1 Å². The van der Waals surface area contributed by atoms with E-state index in [-0.39, 0.29) is 0 Å².